The maximum Gasteiger partial charge on any atom is 0.127 e. The summed E-state index contributed by atoms with van der Waals surface area (Å²) >= 11 is 0. The van der Waals surface area contributed by atoms with Gasteiger partial charge >= 0.3 is 0 Å². The lowest BCUT2D eigenvalue weighted by atomic mass is 10.1. The first-order valence-electron chi connectivity index (χ1n) is 5.71. The minimum atomic E-state index is 0.226. The number of ether oxygens (including phenoxy) is 2. The maximum absolute atomic E-state index is 8.78. The summed E-state index contributed by atoms with van der Waals surface area (Å²) in [6.45, 7) is 1.89. The molecule has 1 aromatic rings. The highest BCUT2D eigenvalue weighted by atomic mass is 16.5. The van der Waals surface area contributed by atoms with Gasteiger partial charge in [-0.1, -0.05) is 6.07 Å². The largest absolute Gasteiger partial charge is 0.497 e. The van der Waals surface area contributed by atoms with Crippen LogP contribution < -0.4 is 9.47 Å². The third-order valence-corrected chi connectivity index (χ3v) is 2.63. The average Bonchev–Trinajstić information content (AvgIpc) is 2.36. The predicted octanol–water partition coefficient (Wildman–Crippen LogP) is 1.52. The molecule has 0 bridgehead atoms. The maximum atomic E-state index is 8.78. The molecule has 0 spiro atoms. The minimum Gasteiger partial charge on any atom is -0.497 e. The first-order chi connectivity index (χ1) is 8.21. The van der Waals surface area contributed by atoms with E-state index in [9.17, 15) is 0 Å². The molecule has 1 N–H and O–H groups in total. The highest BCUT2D eigenvalue weighted by Crippen LogP contribution is 2.25. The van der Waals surface area contributed by atoms with Crippen molar-refractivity contribution in [1.82, 2.24) is 4.90 Å². The Morgan fingerprint density at radius 3 is 2.59 bits per heavy atom. The van der Waals surface area contributed by atoms with Crippen molar-refractivity contribution in [2.24, 2.45) is 0 Å². The summed E-state index contributed by atoms with van der Waals surface area (Å²) in [6.07, 6.45) is 0.787. The van der Waals surface area contributed by atoms with E-state index in [-0.39, 0.29) is 6.61 Å². The van der Waals surface area contributed by atoms with Crippen molar-refractivity contribution in [2.75, 3.05) is 34.4 Å². The first kappa shape index (κ1) is 13.8. The number of aliphatic hydroxyl groups is 1. The van der Waals surface area contributed by atoms with Gasteiger partial charge in [-0.25, -0.2) is 0 Å². The van der Waals surface area contributed by atoms with Crippen LogP contribution in [0.2, 0.25) is 0 Å². The van der Waals surface area contributed by atoms with Gasteiger partial charge in [0, 0.05) is 31.3 Å². The summed E-state index contributed by atoms with van der Waals surface area (Å²) in [5, 5.41) is 8.78. The van der Waals surface area contributed by atoms with E-state index in [0.29, 0.717) is 0 Å². The monoisotopic (exact) mass is 239 g/mol. The summed E-state index contributed by atoms with van der Waals surface area (Å²) in [5.41, 5.74) is 1.12. The van der Waals surface area contributed by atoms with Gasteiger partial charge in [0.15, 0.2) is 0 Å². The van der Waals surface area contributed by atoms with E-state index in [2.05, 4.69) is 4.90 Å². The molecule has 0 fully saturated rings. The van der Waals surface area contributed by atoms with Crippen LogP contribution in [-0.2, 0) is 6.54 Å². The SMILES string of the molecule is COc1ccc(CN(C)CCCO)c(OC)c1. The lowest BCUT2D eigenvalue weighted by Crippen LogP contribution is -2.20. The smallest absolute Gasteiger partial charge is 0.127 e. The topological polar surface area (TPSA) is 41.9 Å². The fourth-order valence-electron chi connectivity index (χ4n) is 1.69. The van der Waals surface area contributed by atoms with Crippen molar-refractivity contribution in [3.05, 3.63) is 23.8 Å². The Hall–Kier alpha value is -1.26. The molecule has 0 radical (unpaired) electrons. The zero-order valence-corrected chi connectivity index (χ0v) is 10.8. The number of rotatable bonds is 7. The van der Waals surface area contributed by atoms with Crippen LogP contribution in [0.25, 0.3) is 0 Å². The molecule has 0 heterocycles. The number of aliphatic hydroxyl groups excluding tert-OH is 1. The third kappa shape index (κ3) is 4.24. The number of hydrogen-bond donors (Lipinski definition) is 1. The van der Waals surface area contributed by atoms with E-state index in [4.69, 9.17) is 14.6 Å². The zero-order valence-electron chi connectivity index (χ0n) is 10.8. The Morgan fingerprint density at radius 2 is 2.00 bits per heavy atom. The molecule has 96 valence electrons. The lowest BCUT2D eigenvalue weighted by Gasteiger charge is -2.18. The van der Waals surface area contributed by atoms with Crippen molar-refractivity contribution in [1.29, 1.82) is 0 Å². The first-order valence-corrected chi connectivity index (χ1v) is 5.71. The molecule has 1 aromatic carbocycles. The van der Waals surface area contributed by atoms with Gasteiger partial charge in [0.2, 0.25) is 0 Å². The van der Waals surface area contributed by atoms with Crippen LogP contribution >= 0.6 is 0 Å². The Morgan fingerprint density at radius 1 is 1.24 bits per heavy atom. The van der Waals surface area contributed by atoms with Crippen molar-refractivity contribution < 1.29 is 14.6 Å². The van der Waals surface area contributed by atoms with Crippen LogP contribution in [0.3, 0.4) is 0 Å². The standard InChI is InChI=1S/C13H21NO3/c1-14(7-4-8-15)10-11-5-6-12(16-2)9-13(11)17-3/h5-6,9,15H,4,7-8,10H2,1-3H3. The van der Waals surface area contributed by atoms with Crippen molar-refractivity contribution in [2.45, 2.75) is 13.0 Å². The van der Waals surface area contributed by atoms with E-state index in [1.54, 1.807) is 14.2 Å². The Kier molecular flexibility index (Phi) is 5.80. The molecule has 0 aliphatic heterocycles. The van der Waals surface area contributed by atoms with Crippen LogP contribution in [-0.4, -0.2) is 44.4 Å². The van der Waals surface area contributed by atoms with E-state index in [1.165, 1.54) is 0 Å². The van der Waals surface area contributed by atoms with Gasteiger partial charge in [0.05, 0.1) is 14.2 Å². The highest BCUT2D eigenvalue weighted by molar-refractivity contribution is 5.40. The predicted molar refractivity (Wildman–Crippen MR) is 67.6 cm³/mol. The van der Waals surface area contributed by atoms with Crippen LogP contribution in [0.1, 0.15) is 12.0 Å². The Balaban J connectivity index is 2.69. The number of nitrogens with zero attached hydrogens (tertiary/aromatic N) is 1. The molecule has 0 unspecified atom stereocenters. The van der Waals surface area contributed by atoms with Crippen LogP contribution in [0.4, 0.5) is 0 Å². The van der Waals surface area contributed by atoms with Gasteiger partial charge in [-0.2, -0.15) is 0 Å². The average molecular weight is 239 g/mol. The third-order valence-electron chi connectivity index (χ3n) is 2.63. The summed E-state index contributed by atoms with van der Waals surface area (Å²) in [6, 6.07) is 5.82. The summed E-state index contributed by atoms with van der Waals surface area (Å²) in [7, 11) is 5.33. The summed E-state index contributed by atoms with van der Waals surface area (Å²) < 4.78 is 10.5. The minimum absolute atomic E-state index is 0.226. The molecule has 4 heteroatoms. The number of benzene rings is 1. The molecule has 0 aliphatic rings. The van der Waals surface area contributed by atoms with Crippen LogP contribution in [0.5, 0.6) is 11.5 Å². The van der Waals surface area contributed by atoms with Crippen molar-refractivity contribution >= 4 is 0 Å². The molecule has 0 amide bonds. The van der Waals surface area contributed by atoms with Gasteiger partial charge in [-0.15, -0.1) is 0 Å². The Labute approximate surface area is 103 Å². The molecule has 1 rings (SSSR count). The van der Waals surface area contributed by atoms with Crippen LogP contribution in [0, 0.1) is 0 Å². The summed E-state index contributed by atoms with van der Waals surface area (Å²) in [4.78, 5) is 2.15. The molecular weight excluding hydrogens is 218 g/mol. The van der Waals surface area contributed by atoms with Gasteiger partial charge in [-0.3, -0.25) is 0 Å². The van der Waals surface area contributed by atoms with Crippen molar-refractivity contribution in [3.63, 3.8) is 0 Å². The van der Waals surface area contributed by atoms with Gasteiger partial charge < -0.3 is 19.5 Å². The van der Waals surface area contributed by atoms with E-state index in [0.717, 1.165) is 36.6 Å². The fraction of sp³-hybridized carbons (Fsp3) is 0.538. The van der Waals surface area contributed by atoms with Crippen molar-refractivity contribution in [3.8, 4) is 11.5 Å². The quantitative estimate of drug-likeness (QED) is 0.783. The van der Waals surface area contributed by atoms with Gasteiger partial charge in [0.1, 0.15) is 11.5 Å². The second-order valence-electron chi connectivity index (χ2n) is 3.99. The highest BCUT2D eigenvalue weighted by Gasteiger charge is 2.07. The fourth-order valence-corrected chi connectivity index (χ4v) is 1.69. The second kappa shape index (κ2) is 7.14. The molecule has 4 nitrogen and oxygen atoms in total. The molecule has 0 atom stereocenters. The van der Waals surface area contributed by atoms with E-state index >= 15 is 0 Å². The van der Waals surface area contributed by atoms with E-state index < -0.39 is 0 Å². The van der Waals surface area contributed by atoms with Gasteiger partial charge in [0.25, 0.3) is 0 Å². The molecule has 0 saturated carbocycles. The normalized spacial score (nSPS) is 10.6. The molecule has 0 saturated heterocycles. The Bertz CT molecular complexity index is 341. The number of hydrogen-bond acceptors (Lipinski definition) is 4. The molecule has 0 aliphatic carbocycles. The lowest BCUT2D eigenvalue weighted by molar-refractivity contribution is 0.242. The molecule has 17 heavy (non-hydrogen) atoms. The van der Waals surface area contributed by atoms with Crippen LogP contribution in [0.15, 0.2) is 18.2 Å². The molecule has 0 aromatic heterocycles. The van der Waals surface area contributed by atoms with Gasteiger partial charge in [-0.05, 0) is 19.5 Å². The second-order valence-corrected chi connectivity index (χ2v) is 3.99. The van der Waals surface area contributed by atoms with E-state index in [1.807, 2.05) is 25.2 Å². The zero-order chi connectivity index (χ0) is 12.7. The summed E-state index contributed by atoms with van der Waals surface area (Å²) in [5.74, 6) is 1.63. The number of methoxy groups -OCH3 is 2. The molecular formula is C13H21NO3.